The van der Waals surface area contributed by atoms with E-state index in [1.165, 1.54) is 62.8 Å². The lowest BCUT2D eigenvalue weighted by atomic mass is 10.1. The fourth-order valence-electron chi connectivity index (χ4n) is 2.71. The number of methoxy groups -OCH3 is 2. The molecule has 32 heavy (non-hydrogen) atoms. The van der Waals surface area contributed by atoms with Crippen LogP contribution >= 0.6 is 0 Å². The van der Waals surface area contributed by atoms with Crippen molar-refractivity contribution in [3.63, 3.8) is 0 Å². The Balaban J connectivity index is 2.08. The van der Waals surface area contributed by atoms with Gasteiger partial charge in [-0.05, 0) is 60.7 Å². The Kier molecular flexibility index (Phi) is 6.42. The molecule has 170 valence electrons. The van der Waals surface area contributed by atoms with Gasteiger partial charge in [-0.15, -0.1) is 0 Å². The van der Waals surface area contributed by atoms with E-state index in [1.807, 2.05) is 0 Å². The van der Waals surface area contributed by atoms with Crippen LogP contribution in [-0.4, -0.2) is 14.2 Å². The van der Waals surface area contributed by atoms with Gasteiger partial charge in [0.2, 0.25) is 0 Å². The molecule has 0 unspecified atom stereocenters. The Labute approximate surface area is 178 Å². The Morgan fingerprint density at radius 2 is 0.781 bits per heavy atom. The minimum atomic E-state index is -5.01. The normalized spacial score (nSPS) is 11.8. The highest BCUT2D eigenvalue weighted by molar-refractivity contribution is 5.52. The summed E-state index contributed by atoms with van der Waals surface area (Å²) in [6, 6.07) is 11.2. The zero-order chi connectivity index (χ0) is 23.5. The third-order valence-electron chi connectivity index (χ3n) is 4.27. The smallest absolute Gasteiger partial charge is 0.420 e. The van der Waals surface area contributed by atoms with Gasteiger partial charge in [-0.2, -0.15) is 26.3 Å². The van der Waals surface area contributed by atoms with E-state index in [0.29, 0.717) is 11.5 Å². The van der Waals surface area contributed by atoms with Gasteiger partial charge in [0.25, 0.3) is 0 Å². The van der Waals surface area contributed by atoms with Crippen LogP contribution in [0.3, 0.4) is 0 Å². The van der Waals surface area contributed by atoms with Crippen molar-refractivity contribution in [1.82, 2.24) is 0 Å². The quantitative estimate of drug-likeness (QED) is 0.363. The van der Waals surface area contributed by atoms with Gasteiger partial charge in [-0.3, -0.25) is 0 Å². The van der Waals surface area contributed by atoms with E-state index in [9.17, 15) is 26.3 Å². The van der Waals surface area contributed by atoms with Gasteiger partial charge in [-0.1, -0.05) is 0 Å². The summed E-state index contributed by atoms with van der Waals surface area (Å²) in [5.41, 5.74) is -2.85. The molecule has 0 aliphatic rings. The molecule has 0 fully saturated rings. The predicted octanol–water partition coefficient (Wildman–Crippen LogP) is 7.33. The molecule has 3 aromatic rings. The fourth-order valence-corrected chi connectivity index (χ4v) is 2.71. The molecule has 0 heterocycles. The minimum Gasteiger partial charge on any atom is -0.497 e. The van der Waals surface area contributed by atoms with E-state index in [-0.39, 0.29) is 23.6 Å². The van der Waals surface area contributed by atoms with Crippen LogP contribution in [-0.2, 0) is 12.4 Å². The Morgan fingerprint density at radius 3 is 1.03 bits per heavy atom. The van der Waals surface area contributed by atoms with Crippen molar-refractivity contribution >= 4 is 0 Å². The molecule has 3 aromatic carbocycles. The average Bonchev–Trinajstić information content (AvgIpc) is 2.74. The number of ether oxygens (including phenoxy) is 4. The lowest BCUT2D eigenvalue weighted by Crippen LogP contribution is -2.13. The molecule has 0 aliphatic carbocycles. The molecule has 0 amide bonds. The number of alkyl halides is 6. The average molecular weight is 458 g/mol. The molecule has 4 nitrogen and oxygen atoms in total. The predicted molar refractivity (Wildman–Crippen MR) is 103 cm³/mol. The molecule has 0 atom stereocenters. The van der Waals surface area contributed by atoms with Crippen molar-refractivity contribution in [2.45, 2.75) is 12.4 Å². The molecule has 0 saturated heterocycles. The fraction of sp³-hybridized carbons (Fsp3) is 0.182. The van der Waals surface area contributed by atoms with Crippen molar-refractivity contribution in [1.29, 1.82) is 0 Å². The van der Waals surface area contributed by atoms with Crippen LogP contribution in [0.15, 0.2) is 60.7 Å². The maximum Gasteiger partial charge on any atom is 0.420 e. The lowest BCUT2D eigenvalue weighted by Gasteiger charge is -2.20. The van der Waals surface area contributed by atoms with Crippen LogP contribution in [0.1, 0.15) is 11.1 Å². The van der Waals surface area contributed by atoms with Gasteiger partial charge < -0.3 is 18.9 Å². The Bertz CT molecular complexity index is 971. The summed E-state index contributed by atoms with van der Waals surface area (Å²) in [7, 11) is 2.77. The topological polar surface area (TPSA) is 36.9 Å². The van der Waals surface area contributed by atoms with Crippen LogP contribution in [0.2, 0.25) is 0 Å². The van der Waals surface area contributed by atoms with Gasteiger partial charge in [0.15, 0.2) is 0 Å². The molecule has 0 aliphatic heterocycles. The zero-order valence-electron chi connectivity index (χ0n) is 16.7. The van der Waals surface area contributed by atoms with E-state index in [1.54, 1.807) is 0 Å². The first-order valence-corrected chi connectivity index (χ1v) is 8.97. The summed E-state index contributed by atoms with van der Waals surface area (Å²) in [6.45, 7) is 0. The summed E-state index contributed by atoms with van der Waals surface area (Å²) in [6.07, 6.45) is -10.0. The molecule has 10 heteroatoms. The van der Waals surface area contributed by atoms with Crippen molar-refractivity contribution < 1.29 is 45.3 Å². The first-order chi connectivity index (χ1) is 15.0. The first kappa shape index (κ1) is 23.1. The molecule has 0 aromatic heterocycles. The second kappa shape index (κ2) is 8.89. The van der Waals surface area contributed by atoms with Gasteiger partial charge in [0, 0.05) is 0 Å². The Morgan fingerprint density at radius 1 is 0.500 bits per heavy atom. The molecule has 0 N–H and O–H groups in total. The summed E-state index contributed by atoms with van der Waals surface area (Å²) < 4.78 is 102. The van der Waals surface area contributed by atoms with Gasteiger partial charge >= 0.3 is 12.4 Å². The molecule has 0 bridgehead atoms. The maximum atomic E-state index is 13.7. The number of hydrogen-bond donors (Lipinski definition) is 0. The summed E-state index contributed by atoms with van der Waals surface area (Å²) >= 11 is 0. The second-order valence-corrected chi connectivity index (χ2v) is 6.40. The Hall–Kier alpha value is -3.56. The van der Waals surface area contributed by atoms with E-state index in [2.05, 4.69) is 0 Å². The molecule has 3 rings (SSSR count). The number of halogens is 6. The third-order valence-corrected chi connectivity index (χ3v) is 4.27. The van der Waals surface area contributed by atoms with E-state index >= 15 is 0 Å². The van der Waals surface area contributed by atoms with Crippen LogP contribution in [0.5, 0.6) is 34.5 Å². The maximum absolute atomic E-state index is 13.7. The third kappa shape index (κ3) is 5.37. The molecular formula is C22H16F6O4. The summed E-state index contributed by atoms with van der Waals surface area (Å²) in [5, 5.41) is 0. The summed E-state index contributed by atoms with van der Waals surface area (Å²) in [5.74, 6) is -1.45. The van der Waals surface area contributed by atoms with Crippen LogP contribution in [0.25, 0.3) is 0 Å². The highest BCUT2D eigenvalue weighted by Crippen LogP contribution is 2.47. The number of benzene rings is 3. The van der Waals surface area contributed by atoms with E-state index in [0.717, 1.165) is 0 Å². The van der Waals surface area contributed by atoms with Crippen molar-refractivity contribution in [2.75, 3.05) is 14.2 Å². The number of rotatable bonds is 6. The monoisotopic (exact) mass is 458 g/mol. The first-order valence-electron chi connectivity index (χ1n) is 8.97. The van der Waals surface area contributed by atoms with Crippen LogP contribution < -0.4 is 18.9 Å². The van der Waals surface area contributed by atoms with Crippen molar-refractivity contribution in [3.05, 3.63) is 71.8 Å². The summed E-state index contributed by atoms with van der Waals surface area (Å²) in [4.78, 5) is 0. The van der Waals surface area contributed by atoms with Crippen LogP contribution in [0.4, 0.5) is 26.3 Å². The molecule has 0 saturated carbocycles. The second-order valence-electron chi connectivity index (χ2n) is 6.40. The highest BCUT2D eigenvalue weighted by Gasteiger charge is 2.41. The van der Waals surface area contributed by atoms with Crippen molar-refractivity contribution in [3.8, 4) is 34.5 Å². The number of hydrogen-bond acceptors (Lipinski definition) is 4. The van der Waals surface area contributed by atoms with E-state index in [4.69, 9.17) is 18.9 Å². The molecule has 0 radical (unpaired) electrons. The standard InChI is InChI=1S/C22H16F6O4/c1-29-13-3-7-15(8-4-13)31-19-11-18(22(26,27)28)20(12-17(19)21(23,24)25)32-16-9-5-14(30-2)6-10-16/h3-12H,1-2H3. The van der Waals surface area contributed by atoms with Crippen molar-refractivity contribution in [2.24, 2.45) is 0 Å². The van der Waals surface area contributed by atoms with Crippen LogP contribution in [0, 0.1) is 0 Å². The zero-order valence-corrected chi connectivity index (χ0v) is 16.7. The SMILES string of the molecule is COc1ccc(Oc2cc(C(F)(F)F)c(Oc3ccc(OC)cc3)cc2C(F)(F)F)cc1. The van der Waals surface area contributed by atoms with Gasteiger partial charge in [0.1, 0.15) is 45.6 Å². The molecular weight excluding hydrogens is 442 g/mol. The minimum absolute atomic E-state index is 0.103. The van der Waals surface area contributed by atoms with Gasteiger partial charge in [-0.25, -0.2) is 0 Å². The lowest BCUT2D eigenvalue weighted by molar-refractivity contribution is -0.143. The van der Waals surface area contributed by atoms with E-state index < -0.39 is 35.0 Å². The highest BCUT2D eigenvalue weighted by atomic mass is 19.4. The van der Waals surface area contributed by atoms with Gasteiger partial charge in [0.05, 0.1) is 14.2 Å². The molecule has 0 spiro atoms. The largest absolute Gasteiger partial charge is 0.497 e.